The van der Waals surface area contributed by atoms with Crippen molar-refractivity contribution < 1.29 is 9.53 Å². The van der Waals surface area contributed by atoms with E-state index in [1.807, 2.05) is 0 Å². The van der Waals surface area contributed by atoms with Gasteiger partial charge in [0.25, 0.3) is 0 Å². The molecule has 84 valence electrons. The molecule has 3 aliphatic heterocycles. The Bertz CT molecular complexity index is 257. The van der Waals surface area contributed by atoms with Gasteiger partial charge in [-0.3, -0.25) is 0 Å². The number of carbonyl (C=O) groups excluding carboxylic acids is 1. The van der Waals surface area contributed by atoms with Crippen LogP contribution >= 0.6 is 0 Å². The Balaban J connectivity index is 1.80. The fourth-order valence-electron chi connectivity index (χ4n) is 2.46. The largest absolute Gasteiger partial charge is 0.466 e. The molecule has 0 amide bonds. The van der Waals surface area contributed by atoms with Gasteiger partial charge in [0.1, 0.15) is 0 Å². The van der Waals surface area contributed by atoms with Gasteiger partial charge in [0, 0.05) is 24.9 Å². The number of nitrogens with one attached hydrogen (secondary N) is 1. The van der Waals surface area contributed by atoms with E-state index in [2.05, 4.69) is 15.0 Å². The van der Waals surface area contributed by atoms with Crippen molar-refractivity contribution in [2.45, 2.75) is 18.9 Å². The molecule has 0 spiro atoms. The number of ether oxygens (including phenoxy) is 1. The first kappa shape index (κ1) is 10.5. The second-order valence-corrected chi connectivity index (χ2v) is 4.27. The van der Waals surface area contributed by atoms with E-state index in [1.54, 1.807) is 6.20 Å². The smallest absolute Gasteiger partial charge is 0.331 e. The molecule has 0 aromatic carbocycles. The van der Waals surface area contributed by atoms with Crippen molar-refractivity contribution in [2.75, 3.05) is 26.7 Å². The summed E-state index contributed by atoms with van der Waals surface area (Å²) >= 11 is 0. The van der Waals surface area contributed by atoms with Gasteiger partial charge in [0.2, 0.25) is 0 Å². The average molecular weight is 210 g/mol. The molecule has 0 saturated carbocycles. The fraction of sp³-hybridized carbons (Fsp3) is 0.727. The predicted molar refractivity (Wildman–Crippen MR) is 57.2 cm³/mol. The highest BCUT2D eigenvalue weighted by Gasteiger charge is 2.33. The fourth-order valence-corrected chi connectivity index (χ4v) is 2.46. The molecule has 15 heavy (non-hydrogen) atoms. The number of carbonyl (C=O) groups is 1. The molecule has 0 radical (unpaired) electrons. The lowest BCUT2D eigenvalue weighted by atomic mass is 9.84. The van der Waals surface area contributed by atoms with E-state index in [-0.39, 0.29) is 5.97 Å². The van der Waals surface area contributed by atoms with Crippen LogP contribution in [-0.2, 0) is 9.53 Å². The Morgan fingerprint density at radius 3 is 2.73 bits per heavy atom. The maximum absolute atomic E-state index is 10.9. The SMILES string of the molecule is COC(=O)/C=C/NC1CN2CCC1CC2. The van der Waals surface area contributed by atoms with Crippen LogP contribution in [0.15, 0.2) is 12.3 Å². The second-order valence-electron chi connectivity index (χ2n) is 4.27. The van der Waals surface area contributed by atoms with Crippen molar-refractivity contribution in [1.82, 2.24) is 10.2 Å². The molecule has 4 nitrogen and oxygen atoms in total. The summed E-state index contributed by atoms with van der Waals surface area (Å²) in [6.07, 6.45) is 5.73. The molecule has 2 bridgehead atoms. The summed E-state index contributed by atoms with van der Waals surface area (Å²) in [4.78, 5) is 13.3. The Morgan fingerprint density at radius 2 is 2.20 bits per heavy atom. The van der Waals surface area contributed by atoms with Crippen molar-refractivity contribution >= 4 is 5.97 Å². The van der Waals surface area contributed by atoms with Crippen LogP contribution in [0, 0.1) is 5.92 Å². The molecule has 1 N–H and O–H groups in total. The lowest BCUT2D eigenvalue weighted by Gasteiger charge is -2.44. The Kier molecular flexibility index (Phi) is 3.26. The van der Waals surface area contributed by atoms with Gasteiger partial charge in [0.15, 0.2) is 0 Å². The zero-order valence-corrected chi connectivity index (χ0v) is 9.11. The van der Waals surface area contributed by atoms with E-state index in [9.17, 15) is 4.79 Å². The topological polar surface area (TPSA) is 41.6 Å². The van der Waals surface area contributed by atoms with Crippen LogP contribution < -0.4 is 5.32 Å². The normalized spacial score (nSPS) is 34.3. The maximum Gasteiger partial charge on any atom is 0.331 e. The summed E-state index contributed by atoms with van der Waals surface area (Å²) in [5, 5.41) is 3.30. The van der Waals surface area contributed by atoms with Crippen molar-refractivity contribution in [3.63, 3.8) is 0 Å². The van der Waals surface area contributed by atoms with Crippen molar-refractivity contribution in [1.29, 1.82) is 0 Å². The molecule has 0 aromatic rings. The van der Waals surface area contributed by atoms with Gasteiger partial charge in [0.05, 0.1) is 7.11 Å². The number of rotatable bonds is 3. The van der Waals surface area contributed by atoms with Crippen LogP contribution in [0.2, 0.25) is 0 Å². The van der Waals surface area contributed by atoms with E-state index >= 15 is 0 Å². The minimum Gasteiger partial charge on any atom is -0.466 e. The summed E-state index contributed by atoms with van der Waals surface area (Å²) in [5.74, 6) is 0.473. The number of piperidine rings is 3. The third kappa shape index (κ3) is 2.50. The first-order chi connectivity index (χ1) is 7.29. The van der Waals surface area contributed by atoms with Gasteiger partial charge in [-0.05, 0) is 31.8 Å². The van der Waals surface area contributed by atoms with E-state index < -0.39 is 0 Å². The summed E-state index contributed by atoms with van der Waals surface area (Å²) in [6, 6.07) is 0.508. The van der Waals surface area contributed by atoms with E-state index in [4.69, 9.17) is 0 Å². The minimum atomic E-state index is -0.302. The van der Waals surface area contributed by atoms with Gasteiger partial charge in [-0.15, -0.1) is 0 Å². The molecular formula is C11H18N2O2. The number of hydrogen-bond acceptors (Lipinski definition) is 4. The Morgan fingerprint density at radius 1 is 1.47 bits per heavy atom. The first-order valence-corrected chi connectivity index (χ1v) is 5.52. The summed E-state index contributed by atoms with van der Waals surface area (Å²) in [5.41, 5.74) is 0. The summed E-state index contributed by atoms with van der Waals surface area (Å²) < 4.78 is 4.53. The third-order valence-corrected chi connectivity index (χ3v) is 3.39. The second kappa shape index (κ2) is 4.66. The number of nitrogens with zero attached hydrogens (tertiary/aromatic N) is 1. The number of hydrogen-bond donors (Lipinski definition) is 1. The molecule has 0 aliphatic carbocycles. The zero-order chi connectivity index (χ0) is 10.7. The van der Waals surface area contributed by atoms with Gasteiger partial charge in [-0.2, -0.15) is 0 Å². The molecule has 1 atom stereocenters. The van der Waals surface area contributed by atoms with Gasteiger partial charge < -0.3 is 15.0 Å². The Labute approximate surface area is 90.3 Å². The molecule has 0 aromatic heterocycles. The van der Waals surface area contributed by atoms with E-state index in [0.29, 0.717) is 6.04 Å². The molecule has 3 fully saturated rings. The highest BCUT2D eigenvalue weighted by Crippen LogP contribution is 2.27. The summed E-state index contributed by atoms with van der Waals surface area (Å²) in [6.45, 7) is 3.59. The van der Waals surface area contributed by atoms with E-state index in [0.717, 1.165) is 12.5 Å². The van der Waals surface area contributed by atoms with Crippen molar-refractivity contribution in [3.05, 3.63) is 12.3 Å². The van der Waals surface area contributed by atoms with Crippen LogP contribution in [0.4, 0.5) is 0 Å². The number of esters is 1. The molecule has 3 rings (SSSR count). The molecule has 1 unspecified atom stereocenters. The van der Waals surface area contributed by atoms with Crippen LogP contribution in [0.25, 0.3) is 0 Å². The lowest BCUT2D eigenvalue weighted by molar-refractivity contribution is -0.134. The monoisotopic (exact) mass is 210 g/mol. The lowest BCUT2D eigenvalue weighted by Crippen LogP contribution is -2.54. The molecular weight excluding hydrogens is 192 g/mol. The van der Waals surface area contributed by atoms with Gasteiger partial charge in [-0.25, -0.2) is 4.79 Å². The van der Waals surface area contributed by atoms with Crippen molar-refractivity contribution in [3.8, 4) is 0 Å². The van der Waals surface area contributed by atoms with Crippen LogP contribution in [-0.4, -0.2) is 43.7 Å². The Hall–Kier alpha value is -1.03. The number of fused-ring (bicyclic) bond motifs is 3. The zero-order valence-electron chi connectivity index (χ0n) is 9.11. The quantitative estimate of drug-likeness (QED) is 0.539. The van der Waals surface area contributed by atoms with Crippen LogP contribution in [0.5, 0.6) is 0 Å². The van der Waals surface area contributed by atoms with Crippen LogP contribution in [0.1, 0.15) is 12.8 Å². The minimum absolute atomic E-state index is 0.302. The molecule has 3 heterocycles. The standard InChI is InChI=1S/C11H18N2O2/c1-15-11(14)2-5-12-10-8-13-6-3-9(10)4-7-13/h2,5,9-10,12H,3-4,6-8H2,1H3/b5-2+. The van der Waals surface area contributed by atoms with Crippen molar-refractivity contribution in [2.24, 2.45) is 5.92 Å². The van der Waals surface area contributed by atoms with E-state index in [1.165, 1.54) is 39.1 Å². The highest BCUT2D eigenvalue weighted by atomic mass is 16.5. The van der Waals surface area contributed by atoms with Gasteiger partial charge >= 0.3 is 5.97 Å². The predicted octanol–water partition coefficient (Wildman–Crippen LogP) is 0.357. The van der Waals surface area contributed by atoms with Gasteiger partial charge in [-0.1, -0.05) is 0 Å². The number of methoxy groups -OCH3 is 1. The van der Waals surface area contributed by atoms with Crippen LogP contribution in [0.3, 0.4) is 0 Å². The molecule has 3 aliphatic rings. The third-order valence-electron chi connectivity index (χ3n) is 3.39. The summed E-state index contributed by atoms with van der Waals surface area (Å²) in [7, 11) is 1.39. The maximum atomic E-state index is 10.9. The average Bonchev–Trinajstić information content (AvgIpc) is 2.30. The molecule has 3 saturated heterocycles. The highest BCUT2D eigenvalue weighted by molar-refractivity contribution is 5.81. The first-order valence-electron chi connectivity index (χ1n) is 5.52. The molecule has 4 heteroatoms.